The molecule has 0 heterocycles. The molecule has 0 spiro atoms. The minimum atomic E-state index is -0.404. The maximum atomic E-state index is 11.4. The highest BCUT2D eigenvalue weighted by atomic mass is 16.5. The van der Waals surface area contributed by atoms with Crippen LogP contribution in [0.25, 0.3) is 0 Å². The Hall–Kier alpha value is -0.610. The summed E-state index contributed by atoms with van der Waals surface area (Å²) >= 11 is 0. The fourth-order valence-electron chi connectivity index (χ4n) is 0.902. The maximum Gasteiger partial charge on any atom is 0.251 e. The highest BCUT2D eigenvalue weighted by Crippen LogP contribution is 1.98. The Kier molecular flexibility index (Phi) is 5.66. The Morgan fingerprint density at radius 1 is 1.54 bits per heavy atom. The number of amides is 1. The molecule has 0 aromatic heterocycles. The second-order valence-electron chi connectivity index (χ2n) is 3.28. The van der Waals surface area contributed by atoms with Crippen molar-refractivity contribution in [2.24, 2.45) is 0 Å². The lowest BCUT2D eigenvalue weighted by Gasteiger charge is -2.20. The lowest BCUT2D eigenvalue weighted by Crippen LogP contribution is -2.37. The predicted octanol–water partition coefficient (Wildman–Crippen LogP) is 0.251. The van der Waals surface area contributed by atoms with E-state index in [4.69, 9.17) is 9.84 Å². The summed E-state index contributed by atoms with van der Waals surface area (Å²) in [4.78, 5) is 13.0. The monoisotopic (exact) mass is 189 g/mol. The summed E-state index contributed by atoms with van der Waals surface area (Å²) in [7, 11) is 3.21. The number of nitrogens with zero attached hydrogens (tertiary/aromatic N) is 1. The van der Waals surface area contributed by atoms with Crippen molar-refractivity contribution in [1.82, 2.24) is 4.90 Å². The van der Waals surface area contributed by atoms with Gasteiger partial charge in [0.2, 0.25) is 0 Å². The molecule has 1 N–H and O–H groups in total. The highest BCUT2D eigenvalue weighted by Gasteiger charge is 2.16. The van der Waals surface area contributed by atoms with Crippen molar-refractivity contribution in [3.63, 3.8) is 0 Å². The molecular weight excluding hydrogens is 170 g/mol. The predicted molar refractivity (Wildman–Crippen MR) is 50.4 cm³/mol. The molecule has 0 aliphatic heterocycles. The van der Waals surface area contributed by atoms with E-state index in [1.54, 1.807) is 25.8 Å². The average Bonchev–Trinajstić information content (AvgIpc) is 2.11. The van der Waals surface area contributed by atoms with E-state index in [2.05, 4.69) is 0 Å². The number of carbonyl (C=O) groups excluding carboxylic acids is 1. The number of rotatable bonds is 5. The Labute approximate surface area is 79.5 Å². The molecule has 0 saturated carbocycles. The second-order valence-corrected chi connectivity index (χ2v) is 3.28. The quantitative estimate of drug-likeness (QED) is 0.674. The summed E-state index contributed by atoms with van der Waals surface area (Å²) in [6.07, 6.45) is -0.175. The van der Waals surface area contributed by atoms with E-state index in [1.165, 1.54) is 7.11 Å². The SMILES string of the molecule is COC(C)C(=O)N(C)CCC(C)O. The zero-order chi connectivity index (χ0) is 10.4. The molecule has 0 saturated heterocycles. The number of aliphatic hydroxyl groups is 1. The van der Waals surface area contributed by atoms with Crippen molar-refractivity contribution in [1.29, 1.82) is 0 Å². The third kappa shape index (κ3) is 4.85. The zero-order valence-corrected chi connectivity index (χ0v) is 8.78. The van der Waals surface area contributed by atoms with Gasteiger partial charge in [-0.15, -0.1) is 0 Å². The molecule has 2 unspecified atom stereocenters. The van der Waals surface area contributed by atoms with Gasteiger partial charge in [0.15, 0.2) is 0 Å². The highest BCUT2D eigenvalue weighted by molar-refractivity contribution is 5.80. The van der Waals surface area contributed by atoms with E-state index in [1.807, 2.05) is 0 Å². The minimum absolute atomic E-state index is 0.0526. The molecule has 0 bridgehead atoms. The van der Waals surface area contributed by atoms with Gasteiger partial charge in [-0.25, -0.2) is 0 Å². The van der Waals surface area contributed by atoms with Crippen LogP contribution in [0.15, 0.2) is 0 Å². The van der Waals surface area contributed by atoms with Crippen molar-refractivity contribution in [2.45, 2.75) is 32.5 Å². The van der Waals surface area contributed by atoms with Crippen LogP contribution < -0.4 is 0 Å². The Morgan fingerprint density at radius 2 is 2.08 bits per heavy atom. The third-order valence-corrected chi connectivity index (χ3v) is 1.96. The molecule has 13 heavy (non-hydrogen) atoms. The van der Waals surface area contributed by atoms with Crippen LogP contribution in [0.4, 0.5) is 0 Å². The van der Waals surface area contributed by atoms with E-state index >= 15 is 0 Å². The minimum Gasteiger partial charge on any atom is -0.393 e. The molecule has 1 amide bonds. The van der Waals surface area contributed by atoms with Gasteiger partial charge in [0.1, 0.15) is 6.10 Å². The molecule has 0 radical (unpaired) electrons. The summed E-state index contributed by atoms with van der Waals surface area (Å²) in [5.74, 6) is -0.0526. The van der Waals surface area contributed by atoms with Crippen LogP contribution in [0.1, 0.15) is 20.3 Å². The lowest BCUT2D eigenvalue weighted by atomic mass is 10.2. The van der Waals surface area contributed by atoms with Crippen LogP contribution in [-0.4, -0.2) is 48.8 Å². The largest absolute Gasteiger partial charge is 0.393 e. The van der Waals surface area contributed by atoms with Gasteiger partial charge < -0.3 is 14.7 Å². The first kappa shape index (κ1) is 12.4. The first-order valence-corrected chi connectivity index (χ1v) is 4.44. The third-order valence-electron chi connectivity index (χ3n) is 1.96. The molecule has 0 aromatic carbocycles. The number of likely N-dealkylation sites (N-methyl/N-ethyl adjacent to an activating group) is 1. The summed E-state index contributed by atoms with van der Waals surface area (Å²) < 4.78 is 4.89. The van der Waals surface area contributed by atoms with Gasteiger partial charge in [-0.05, 0) is 20.3 Å². The first-order chi connectivity index (χ1) is 5.99. The number of carbonyl (C=O) groups is 1. The van der Waals surface area contributed by atoms with Crippen molar-refractivity contribution in [2.75, 3.05) is 20.7 Å². The van der Waals surface area contributed by atoms with E-state index < -0.39 is 6.10 Å². The van der Waals surface area contributed by atoms with Crippen LogP contribution in [0.5, 0.6) is 0 Å². The molecule has 0 aromatic rings. The van der Waals surface area contributed by atoms with Gasteiger partial charge in [-0.3, -0.25) is 4.79 Å². The van der Waals surface area contributed by atoms with Crippen LogP contribution in [0, 0.1) is 0 Å². The van der Waals surface area contributed by atoms with Crippen LogP contribution >= 0.6 is 0 Å². The Morgan fingerprint density at radius 3 is 2.46 bits per heavy atom. The Balaban J connectivity index is 3.82. The van der Waals surface area contributed by atoms with Gasteiger partial charge in [0, 0.05) is 20.7 Å². The zero-order valence-electron chi connectivity index (χ0n) is 8.78. The smallest absolute Gasteiger partial charge is 0.251 e. The molecule has 0 aliphatic rings. The van der Waals surface area contributed by atoms with Crippen LogP contribution in [-0.2, 0) is 9.53 Å². The fourth-order valence-corrected chi connectivity index (χ4v) is 0.902. The van der Waals surface area contributed by atoms with Gasteiger partial charge >= 0.3 is 0 Å². The maximum absolute atomic E-state index is 11.4. The second kappa shape index (κ2) is 5.94. The average molecular weight is 189 g/mol. The topological polar surface area (TPSA) is 49.8 Å². The number of hydrogen-bond donors (Lipinski definition) is 1. The van der Waals surface area contributed by atoms with Gasteiger partial charge in [-0.2, -0.15) is 0 Å². The number of aliphatic hydroxyl groups excluding tert-OH is 1. The van der Waals surface area contributed by atoms with Crippen molar-refractivity contribution in [3.05, 3.63) is 0 Å². The number of ether oxygens (including phenoxy) is 1. The molecule has 0 aliphatic carbocycles. The van der Waals surface area contributed by atoms with E-state index in [0.717, 1.165) is 0 Å². The molecule has 78 valence electrons. The molecular formula is C9H19NO3. The fraction of sp³-hybridized carbons (Fsp3) is 0.889. The number of hydrogen-bond acceptors (Lipinski definition) is 3. The molecule has 4 nitrogen and oxygen atoms in total. The normalized spacial score (nSPS) is 15.2. The summed E-state index contributed by atoms with van der Waals surface area (Å²) in [5, 5.41) is 9.01. The summed E-state index contributed by atoms with van der Waals surface area (Å²) in [5.41, 5.74) is 0. The Bertz CT molecular complexity index is 159. The van der Waals surface area contributed by atoms with Gasteiger partial charge in [-0.1, -0.05) is 0 Å². The van der Waals surface area contributed by atoms with Gasteiger partial charge in [0.25, 0.3) is 5.91 Å². The molecule has 0 fully saturated rings. The van der Waals surface area contributed by atoms with Gasteiger partial charge in [0.05, 0.1) is 6.10 Å². The van der Waals surface area contributed by atoms with Crippen molar-refractivity contribution >= 4 is 5.91 Å². The lowest BCUT2D eigenvalue weighted by molar-refractivity contribution is -0.139. The molecule has 4 heteroatoms. The standard InChI is InChI=1S/C9H19NO3/c1-7(11)5-6-10(3)9(12)8(2)13-4/h7-8,11H,5-6H2,1-4H3. The number of methoxy groups -OCH3 is 1. The summed E-state index contributed by atoms with van der Waals surface area (Å²) in [6, 6.07) is 0. The van der Waals surface area contributed by atoms with Crippen molar-refractivity contribution in [3.8, 4) is 0 Å². The van der Waals surface area contributed by atoms with E-state index in [-0.39, 0.29) is 12.0 Å². The summed E-state index contributed by atoms with van der Waals surface area (Å²) in [6.45, 7) is 3.98. The molecule has 0 rings (SSSR count). The van der Waals surface area contributed by atoms with E-state index in [9.17, 15) is 4.79 Å². The van der Waals surface area contributed by atoms with E-state index in [0.29, 0.717) is 13.0 Å². The van der Waals surface area contributed by atoms with Crippen LogP contribution in [0.2, 0.25) is 0 Å². The van der Waals surface area contributed by atoms with Crippen LogP contribution in [0.3, 0.4) is 0 Å². The molecule has 2 atom stereocenters. The van der Waals surface area contributed by atoms with Crippen molar-refractivity contribution < 1.29 is 14.6 Å². The first-order valence-electron chi connectivity index (χ1n) is 4.44.